The summed E-state index contributed by atoms with van der Waals surface area (Å²) in [6.45, 7) is 0.415. The van der Waals surface area contributed by atoms with Gasteiger partial charge in [0, 0.05) is 24.6 Å². The summed E-state index contributed by atoms with van der Waals surface area (Å²) < 4.78 is 37.2. The molecule has 3 aromatic rings. The van der Waals surface area contributed by atoms with Crippen molar-refractivity contribution in [2.45, 2.75) is 12.7 Å². The number of hydrogen-bond donors (Lipinski definition) is 2. The predicted octanol–water partition coefficient (Wildman–Crippen LogP) is 4.24. The van der Waals surface area contributed by atoms with Crippen LogP contribution in [0.2, 0.25) is 0 Å². The van der Waals surface area contributed by atoms with Gasteiger partial charge in [-0.15, -0.1) is 0 Å². The summed E-state index contributed by atoms with van der Waals surface area (Å²) in [5.41, 5.74) is 6.80. The third kappa shape index (κ3) is 4.96. The lowest BCUT2D eigenvalue weighted by atomic mass is 10.1. The molecule has 2 aromatic heterocycles. The maximum atomic E-state index is 12.4. The van der Waals surface area contributed by atoms with Crippen LogP contribution in [0.3, 0.4) is 0 Å². The minimum atomic E-state index is -4.34. The van der Waals surface area contributed by atoms with Crippen molar-refractivity contribution in [2.24, 2.45) is 5.73 Å². The van der Waals surface area contributed by atoms with Crippen LogP contribution in [0.15, 0.2) is 67.0 Å². The fourth-order valence-corrected chi connectivity index (χ4v) is 1.86. The van der Waals surface area contributed by atoms with E-state index in [1.807, 2.05) is 18.2 Å². The Morgan fingerprint density at radius 1 is 0.913 bits per heavy atom. The standard InChI is InChI=1S/C12H11F3N2.C5H5N/c13-12(14,15)11-6-5-10(17-11)9-3-1-8(7-16)2-4-9;1-2-4-6-5-3-1/h1-6,17H,7,16H2;1-5H. The van der Waals surface area contributed by atoms with E-state index < -0.39 is 11.9 Å². The molecule has 0 unspecified atom stereocenters. The highest BCUT2D eigenvalue weighted by atomic mass is 19.4. The summed E-state index contributed by atoms with van der Waals surface area (Å²) in [6, 6.07) is 15.2. The van der Waals surface area contributed by atoms with Gasteiger partial charge >= 0.3 is 6.18 Å². The van der Waals surface area contributed by atoms with Crippen molar-refractivity contribution in [3.05, 3.63) is 78.2 Å². The fourth-order valence-electron chi connectivity index (χ4n) is 1.86. The number of nitrogens with two attached hydrogens (primary N) is 1. The summed E-state index contributed by atoms with van der Waals surface area (Å²) in [5.74, 6) is 0. The molecule has 0 spiro atoms. The quantitative estimate of drug-likeness (QED) is 0.742. The third-order valence-corrected chi connectivity index (χ3v) is 3.06. The van der Waals surface area contributed by atoms with Crippen molar-refractivity contribution in [3.63, 3.8) is 0 Å². The summed E-state index contributed by atoms with van der Waals surface area (Å²) in [5, 5.41) is 0. The molecule has 3 nitrogen and oxygen atoms in total. The molecular weight excluding hydrogens is 303 g/mol. The third-order valence-electron chi connectivity index (χ3n) is 3.06. The summed E-state index contributed by atoms with van der Waals surface area (Å²) in [4.78, 5) is 6.14. The van der Waals surface area contributed by atoms with E-state index in [-0.39, 0.29) is 0 Å². The summed E-state index contributed by atoms with van der Waals surface area (Å²) in [6.07, 6.45) is -0.838. The first kappa shape index (κ1) is 16.8. The second kappa shape index (κ2) is 7.60. The normalized spacial score (nSPS) is 10.8. The zero-order chi connectivity index (χ0) is 16.7. The van der Waals surface area contributed by atoms with Gasteiger partial charge in [0.05, 0.1) is 0 Å². The van der Waals surface area contributed by atoms with E-state index in [9.17, 15) is 13.2 Å². The lowest BCUT2D eigenvalue weighted by molar-refractivity contribution is -0.140. The average molecular weight is 319 g/mol. The topological polar surface area (TPSA) is 54.7 Å². The molecule has 0 bridgehead atoms. The van der Waals surface area contributed by atoms with Gasteiger partial charge in [-0.1, -0.05) is 30.3 Å². The van der Waals surface area contributed by atoms with Crippen LogP contribution in [0.4, 0.5) is 13.2 Å². The lowest BCUT2D eigenvalue weighted by Crippen LogP contribution is -2.04. The van der Waals surface area contributed by atoms with Crippen molar-refractivity contribution in [3.8, 4) is 11.3 Å². The maximum Gasteiger partial charge on any atom is 0.431 e. The molecule has 0 atom stereocenters. The first-order valence-corrected chi connectivity index (χ1v) is 6.91. The molecule has 2 heterocycles. The van der Waals surface area contributed by atoms with Crippen molar-refractivity contribution in [1.82, 2.24) is 9.97 Å². The molecule has 120 valence electrons. The number of rotatable bonds is 2. The molecule has 0 aliphatic carbocycles. The van der Waals surface area contributed by atoms with Gasteiger partial charge in [-0.25, -0.2) is 0 Å². The Hall–Kier alpha value is -2.60. The molecule has 3 rings (SSSR count). The predicted molar refractivity (Wildman–Crippen MR) is 83.4 cm³/mol. The van der Waals surface area contributed by atoms with Crippen LogP contribution in [-0.4, -0.2) is 9.97 Å². The number of alkyl halides is 3. The minimum absolute atomic E-state index is 0.415. The van der Waals surface area contributed by atoms with Gasteiger partial charge in [0.15, 0.2) is 0 Å². The molecule has 3 N–H and O–H groups in total. The van der Waals surface area contributed by atoms with Gasteiger partial charge < -0.3 is 10.7 Å². The molecule has 0 saturated heterocycles. The largest absolute Gasteiger partial charge is 0.431 e. The minimum Gasteiger partial charge on any atom is -0.351 e. The first-order valence-electron chi connectivity index (χ1n) is 6.91. The van der Waals surface area contributed by atoms with Crippen LogP contribution in [0.5, 0.6) is 0 Å². The number of hydrogen-bond acceptors (Lipinski definition) is 2. The van der Waals surface area contributed by atoms with E-state index >= 15 is 0 Å². The van der Waals surface area contributed by atoms with Crippen LogP contribution in [-0.2, 0) is 12.7 Å². The Morgan fingerprint density at radius 2 is 1.57 bits per heavy atom. The van der Waals surface area contributed by atoms with Crippen molar-refractivity contribution < 1.29 is 13.2 Å². The highest BCUT2D eigenvalue weighted by Crippen LogP contribution is 2.30. The van der Waals surface area contributed by atoms with Crippen LogP contribution in [0.25, 0.3) is 11.3 Å². The summed E-state index contributed by atoms with van der Waals surface area (Å²) >= 11 is 0. The lowest BCUT2D eigenvalue weighted by Gasteiger charge is -2.03. The Balaban J connectivity index is 0.000000268. The van der Waals surface area contributed by atoms with Gasteiger partial charge in [-0.2, -0.15) is 13.2 Å². The Bertz CT molecular complexity index is 677. The highest BCUT2D eigenvalue weighted by molar-refractivity contribution is 5.60. The van der Waals surface area contributed by atoms with Crippen LogP contribution >= 0.6 is 0 Å². The van der Waals surface area contributed by atoms with E-state index in [2.05, 4.69) is 9.97 Å². The van der Waals surface area contributed by atoms with E-state index in [1.165, 1.54) is 6.07 Å². The van der Waals surface area contributed by atoms with E-state index in [0.29, 0.717) is 17.8 Å². The molecule has 0 aliphatic heterocycles. The van der Waals surface area contributed by atoms with Gasteiger partial charge in [0.1, 0.15) is 5.69 Å². The number of benzene rings is 1. The van der Waals surface area contributed by atoms with Crippen LogP contribution in [0, 0.1) is 0 Å². The number of aromatic amines is 1. The zero-order valence-corrected chi connectivity index (χ0v) is 12.2. The Morgan fingerprint density at radius 3 is 1.96 bits per heavy atom. The molecule has 0 saturated carbocycles. The number of H-pyrrole nitrogens is 1. The van der Waals surface area contributed by atoms with E-state index in [4.69, 9.17) is 5.73 Å². The number of pyridine rings is 1. The van der Waals surface area contributed by atoms with Gasteiger partial charge in [-0.3, -0.25) is 4.98 Å². The van der Waals surface area contributed by atoms with Crippen LogP contribution in [0.1, 0.15) is 11.3 Å². The van der Waals surface area contributed by atoms with Crippen molar-refractivity contribution in [2.75, 3.05) is 0 Å². The molecular formula is C17H16F3N3. The molecule has 0 aliphatic rings. The van der Waals surface area contributed by atoms with E-state index in [0.717, 1.165) is 11.6 Å². The number of halogens is 3. The van der Waals surface area contributed by atoms with E-state index in [1.54, 1.807) is 36.7 Å². The molecule has 1 aromatic carbocycles. The van der Waals surface area contributed by atoms with Gasteiger partial charge in [-0.05, 0) is 35.4 Å². The number of nitrogens with zero attached hydrogens (tertiary/aromatic N) is 1. The molecule has 0 amide bonds. The molecule has 23 heavy (non-hydrogen) atoms. The average Bonchev–Trinajstić information content (AvgIpc) is 3.07. The Kier molecular flexibility index (Phi) is 5.54. The second-order valence-corrected chi connectivity index (χ2v) is 4.71. The monoisotopic (exact) mass is 319 g/mol. The Labute approximate surface area is 132 Å². The fraction of sp³-hybridized carbons (Fsp3) is 0.118. The molecule has 0 fully saturated rings. The highest BCUT2D eigenvalue weighted by Gasteiger charge is 2.32. The SMILES string of the molecule is NCc1ccc(-c2ccc(C(F)(F)F)[nH]2)cc1.c1ccncc1. The number of nitrogens with one attached hydrogen (secondary N) is 1. The van der Waals surface area contributed by atoms with Crippen molar-refractivity contribution >= 4 is 0 Å². The summed E-state index contributed by atoms with van der Waals surface area (Å²) in [7, 11) is 0. The molecule has 6 heteroatoms. The zero-order valence-electron chi connectivity index (χ0n) is 12.2. The second-order valence-electron chi connectivity index (χ2n) is 4.71. The first-order chi connectivity index (χ1) is 11.0. The van der Waals surface area contributed by atoms with Gasteiger partial charge in [0.25, 0.3) is 0 Å². The smallest absolute Gasteiger partial charge is 0.351 e. The maximum absolute atomic E-state index is 12.4. The van der Waals surface area contributed by atoms with Crippen molar-refractivity contribution in [1.29, 1.82) is 0 Å². The molecule has 0 radical (unpaired) electrons. The van der Waals surface area contributed by atoms with Gasteiger partial charge in [0.2, 0.25) is 0 Å². The van der Waals surface area contributed by atoms with Crippen LogP contribution < -0.4 is 5.73 Å². The number of aromatic nitrogens is 2.